The molecule has 14 heavy (non-hydrogen) atoms. The zero-order valence-electron chi connectivity index (χ0n) is 8.60. The van der Waals surface area contributed by atoms with Gasteiger partial charge in [-0.1, -0.05) is 31.4 Å². The molecule has 0 bridgehead atoms. The highest BCUT2D eigenvalue weighted by Crippen LogP contribution is 2.01. The van der Waals surface area contributed by atoms with Gasteiger partial charge in [-0.3, -0.25) is 0 Å². The first-order chi connectivity index (χ1) is 6.86. The van der Waals surface area contributed by atoms with Gasteiger partial charge in [0.05, 0.1) is 0 Å². The summed E-state index contributed by atoms with van der Waals surface area (Å²) in [5, 5.41) is 0. The zero-order chi connectivity index (χ0) is 10.2. The third kappa shape index (κ3) is 3.52. The van der Waals surface area contributed by atoms with Gasteiger partial charge in [-0.15, -0.1) is 0 Å². The van der Waals surface area contributed by atoms with Gasteiger partial charge in [-0.25, -0.2) is 0 Å². The maximum Gasteiger partial charge on any atom is 0.0357 e. The Hall–Kier alpha value is -1.44. The fraction of sp³-hybridized carbons (Fsp3) is 0.333. The summed E-state index contributed by atoms with van der Waals surface area (Å²) in [6.07, 6.45) is 13.3. The molecule has 0 aromatic heterocycles. The van der Waals surface area contributed by atoms with Gasteiger partial charge in [0, 0.05) is 19.6 Å². The Morgan fingerprint density at radius 3 is 2.00 bits per heavy atom. The van der Waals surface area contributed by atoms with Gasteiger partial charge in [-0.05, 0) is 25.0 Å². The summed E-state index contributed by atoms with van der Waals surface area (Å²) in [6.45, 7) is 10.5. The molecule has 0 amide bonds. The summed E-state index contributed by atoms with van der Waals surface area (Å²) in [5.74, 6) is 0. The van der Waals surface area contributed by atoms with E-state index in [1.807, 2.05) is 18.6 Å². The number of nitrogens with zero attached hydrogens (tertiary/aromatic N) is 2. The van der Waals surface area contributed by atoms with Crippen LogP contribution in [-0.4, -0.2) is 29.4 Å². The summed E-state index contributed by atoms with van der Waals surface area (Å²) >= 11 is 0. The fourth-order valence-corrected chi connectivity index (χ4v) is 1.30. The quantitative estimate of drug-likeness (QED) is 0.617. The van der Waals surface area contributed by atoms with E-state index < -0.39 is 0 Å². The highest BCUT2D eigenvalue weighted by atomic mass is 15.1. The van der Waals surface area contributed by atoms with Crippen LogP contribution < -0.4 is 0 Å². The molecule has 0 unspecified atom stereocenters. The van der Waals surface area contributed by atoms with Crippen LogP contribution in [0.15, 0.2) is 50.0 Å². The van der Waals surface area contributed by atoms with Crippen LogP contribution in [0, 0.1) is 0 Å². The molecule has 0 atom stereocenters. The van der Waals surface area contributed by atoms with Crippen molar-refractivity contribution >= 4 is 0 Å². The molecule has 2 nitrogen and oxygen atoms in total. The summed E-state index contributed by atoms with van der Waals surface area (Å²) in [7, 11) is 0. The topological polar surface area (TPSA) is 6.48 Å². The van der Waals surface area contributed by atoms with E-state index in [1.165, 1.54) is 6.42 Å². The number of rotatable bonds is 2. The normalized spacial score (nSPS) is 18.0. The molecule has 0 spiro atoms. The Morgan fingerprint density at radius 2 is 1.71 bits per heavy atom. The average molecular weight is 190 g/mol. The predicted molar refractivity (Wildman–Crippen MR) is 61.6 cm³/mol. The molecular weight excluding hydrogens is 172 g/mol. The monoisotopic (exact) mass is 190 g/mol. The van der Waals surface area contributed by atoms with Crippen LogP contribution >= 0.6 is 0 Å². The van der Waals surface area contributed by atoms with Gasteiger partial charge in [0.1, 0.15) is 0 Å². The van der Waals surface area contributed by atoms with Crippen molar-refractivity contribution in [1.29, 1.82) is 0 Å². The Kier molecular flexibility index (Phi) is 4.62. The van der Waals surface area contributed by atoms with Crippen molar-refractivity contribution in [3.8, 4) is 0 Å². The Labute approximate surface area is 86.5 Å². The molecular formula is C12H18N2. The van der Waals surface area contributed by atoms with Gasteiger partial charge in [0.15, 0.2) is 0 Å². The van der Waals surface area contributed by atoms with Crippen LogP contribution in [0.2, 0.25) is 0 Å². The van der Waals surface area contributed by atoms with Crippen molar-refractivity contribution in [3.63, 3.8) is 0 Å². The maximum absolute atomic E-state index is 3.63. The molecule has 0 aromatic carbocycles. The second kappa shape index (κ2) is 6.08. The Balaban J connectivity index is 0.000000140. The Bertz CT molecular complexity index is 233. The van der Waals surface area contributed by atoms with Crippen molar-refractivity contribution < 1.29 is 0 Å². The highest BCUT2D eigenvalue weighted by molar-refractivity contribution is 4.98. The molecule has 0 fully saturated rings. The minimum absolute atomic E-state index is 1.05. The molecule has 0 saturated heterocycles. The molecule has 0 N–H and O–H groups in total. The second-order valence-electron chi connectivity index (χ2n) is 3.20. The smallest absolute Gasteiger partial charge is 0.0357 e. The van der Waals surface area contributed by atoms with E-state index >= 15 is 0 Å². The van der Waals surface area contributed by atoms with E-state index in [0.29, 0.717) is 0 Å². The fourth-order valence-electron chi connectivity index (χ4n) is 1.30. The van der Waals surface area contributed by atoms with E-state index in [9.17, 15) is 0 Å². The highest BCUT2D eigenvalue weighted by Gasteiger charge is 1.96. The van der Waals surface area contributed by atoms with Gasteiger partial charge >= 0.3 is 0 Å². The van der Waals surface area contributed by atoms with Crippen molar-refractivity contribution in [2.24, 2.45) is 0 Å². The standard InChI is InChI=1S/2C6H9N/c2*1-2-7-5-3-4-6-7/h2-3,5H,1,4,6H2;2-4H,1,5-6H2. The second-order valence-corrected chi connectivity index (χ2v) is 3.20. The molecule has 76 valence electrons. The van der Waals surface area contributed by atoms with Crippen molar-refractivity contribution in [2.75, 3.05) is 19.6 Å². The zero-order valence-corrected chi connectivity index (χ0v) is 8.60. The lowest BCUT2D eigenvalue weighted by Crippen LogP contribution is -2.10. The first-order valence-electron chi connectivity index (χ1n) is 4.93. The molecule has 2 heteroatoms. The van der Waals surface area contributed by atoms with E-state index in [2.05, 4.69) is 41.2 Å². The van der Waals surface area contributed by atoms with Gasteiger partial charge in [0.25, 0.3) is 0 Å². The molecule has 2 heterocycles. The third-order valence-corrected chi connectivity index (χ3v) is 2.19. The largest absolute Gasteiger partial charge is 0.371 e. The molecule has 0 saturated carbocycles. The van der Waals surface area contributed by atoms with Gasteiger partial charge in [-0.2, -0.15) is 0 Å². The SMILES string of the molecule is C=CN1C=CCC1.C=CN1CC=CC1. The summed E-state index contributed by atoms with van der Waals surface area (Å²) < 4.78 is 0. The van der Waals surface area contributed by atoms with Crippen LogP contribution in [0.4, 0.5) is 0 Å². The lowest BCUT2D eigenvalue weighted by molar-refractivity contribution is 0.489. The van der Waals surface area contributed by atoms with Crippen molar-refractivity contribution in [1.82, 2.24) is 9.80 Å². The molecule has 2 aliphatic rings. The maximum atomic E-state index is 3.63. The summed E-state index contributed by atoms with van der Waals surface area (Å²) in [4.78, 5) is 4.21. The lowest BCUT2D eigenvalue weighted by atomic mass is 10.5. The molecule has 2 aliphatic heterocycles. The van der Waals surface area contributed by atoms with E-state index in [0.717, 1.165) is 19.6 Å². The number of hydrogen-bond donors (Lipinski definition) is 0. The first kappa shape index (κ1) is 10.6. The van der Waals surface area contributed by atoms with E-state index in [-0.39, 0.29) is 0 Å². The van der Waals surface area contributed by atoms with Crippen LogP contribution in [-0.2, 0) is 0 Å². The predicted octanol–water partition coefficient (Wildman–Crippen LogP) is 2.35. The summed E-state index contributed by atoms with van der Waals surface area (Å²) in [6, 6.07) is 0. The summed E-state index contributed by atoms with van der Waals surface area (Å²) in [5.41, 5.74) is 0. The van der Waals surface area contributed by atoms with Gasteiger partial charge < -0.3 is 9.80 Å². The van der Waals surface area contributed by atoms with Crippen molar-refractivity contribution in [2.45, 2.75) is 6.42 Å². The van der Waals surface area contributed by atoms with Crippen LogP contribution in [0.1, 0.15) is 6.42 Å². The minimum Gasteiger partial charge on any atom is -0.371 e. The lowest BCUT2D eigenvalue weighted by Gasteiger charge is -2.07. The molecule has 0 aromatic rings. The van der Waals surface area contributed by atoms with Crippen molar-refractivity contribution in [3.05, 3.63) is 50.0 Å². The molecule has 0 radical (unpaired) electrons. The molecule has 2 rings (SSSR count). The first-order valence-corrected chi connectivity index (χ1v) is 4.93. The average Bonchev–Trinajstić information content (AvgIpc) is 2.92. The number of hydrogen-bond acceptors (Lipinski definition) is 2. The third-order valence-electron chi connectivity index (χ3n) is 2.19. The van der Waals surface area contributed by atoms with Crippen LogP contribution in [0.25, 0.3) is 0 Å². The van der Waals surface area contributed by atoms with Gasteiger partial charge in [0.2, 0.25) is 0 Å². The minimum atomic E-state index is 1.05. The Morgan fingerprint density at radius 1 is 1.00 bits per heavy atom. The van der Waals surface area contributed by atoms with E-state index in [1.54, 1.807) is 0 Å². The molecule has 0 aliphatic carbocycles. The van der Waals surface area contributed by atoms with E-state index in [4.69, 9.17) is 0 Å². The van der Waals surface area contributed by atoms with Crippen LogP contribution in [0.5, 0.6) is 0 Å². The van der Waals surface area contributed by atoms with Crippen LogP contribution in [0.3, 0.4) is 0 Å².